The predicted octanol–water partition coefficient (Wildman–Crippen LogP) is 2.40. The third-order valence-corrected chi connectivity index (χ3v) is 2.26. The van der Waals surface area contributed by atoms with Gasteiger partial charge in [0.25, 0.3) is 0 Å². The zero-order valence-corrected chi connectivity index (χ0v) is 8.96. The molecule has 0 aliphatic rings. The molecule has 1 rings (SSSR count). The van der Waals surface area contributed by atoms with Crippen molar-refractivity contribution in [3.05, 3.63) is 28.3 Å². The quantitative estimate of drug-likeness (QED) is 0.441. The van der Waals surface area contributed by atoms with E-state index < -0.39 is 5.97 Å². The van der Waals surface area contributed by atoms with Crippen LogP contribution in [0.25, 0.3) is 0 Å². The molecular formula is C10H8ClNO3. The summed E-state index contributed by atoms with van der Waals surface area (Å²) in [5.74, 6) is -0.555. The molecule has 0 atom stereocenters. The number of halogens is 1. The number of isocyanates is 1. The molecule has 1 aromatic rings. The van der Waals surface area contributed by atoms with E-state index >= 15 is 0 Å². The van der Waals surface area contributed by atoms with Crippen molar-refractivity contribution >= 4 is 29.3 Å². The van der Waals surface area contributed by atoms with Crippen molar-refractivity contribution in [1.29, 1.82) is 0 Å². The van der Waals surface area contributed by atoms with Gasteiger partial charge in [0.2, 0.25) is 6.08 Å². The van der Waals surface area contributed by atoms with Crippen LogP contribution in [0.5, 0.6) is 0 Å². The highest BCUT2D eigenvalue weighted by molar-refractivity contribution is 6.34. The number of benzene rings is 1. The Hall–Kier alpha value is -1.64. The molecule has 0 unspecified atom stereocenters. The van der Waals surface area contributed by atoms with Gasteiger partial charge < -0.3 is 4.74 Å². The molecule has 1 aromatic carbocycles. The fourth-order valence-corrected chi connectivity index (χ4v) is 1.47. The monoisotopic (exact) mass is 225 g/mol. The average Bonchev–Trinajstić information content (AvgIpc) is 2.22. The van der Waals surface area contributed by atoms with Crippen LogP contribution < -0.4 is 0 Å². The first kappa shape index (κ1) is 11.4. The van der Waals surface area contributed by atoms with E-state index in [4.69, 9.17) is 11.6 Å². The van der Waals surface area contributed by atoms with Crippen molar-refractivity contribution in [2.24, 2.45) is 4.99 Å². The molecule has 0 saturated carbocycles. The zero-order valence-electron chi connectivity index (χ0n) is 8.20. The minimum Gasteiger partial charge on any atom is -0.465 e. The van der Waals surface area contributed by atoms with Crippen molar-refractivity contribution in [1.82, 2.24) is 0 Å². The number of nitrogens with zero attached hydrogens (tertiary/aromatic N) is 1. The van der Waals surface area contributed by atoms with Gasteiger partial charge in [0, 0.05) is 0 Å². The Labute approximate surface area is 91.5 Å². The number of rotatable bonds is 2. The summed E-state index contributed by atoms with van der Waals surface area (Å²) >= 11 is 5.83. The van der Waals surface area contributed by atoms with Gasteiger partial charge in [-0.2, -0.15) is 4.99 Å². The van der Waals surface area contributed by atoms with Crippen LogP contribution in [0.4, 0.5) is 5.69 Å². The van der Waals surface area contributed by atoms with E-state index in [-0.39, 0.29) is 10.6 Å². The molecule has 0 bridgehead atoms. The van der Waals surface area contributed by atoms with Gasteiger partial charge in [-0.1, -0.05) is 11.6 Å². The molecule has 0 amide bonds. The van der Waals surface area contributed by atoms with Crippen molar-refractivity contribution in [2.45, 2.75) is 6.92 Å². The molecule has 0 radical (unpaired) electrons. The van der Waals surface area contributed by atoms with Crippen molar-refractivity contribution in [3.8, 4) is 0 Å². The number of carbonyl (C=O) groups is 1. The Bertz CT molecular complexity index is 450. The molecule has 0 N–H and O–H groups in total. The summed E-state index contributed by atoms with van der Waals surface area (Å²) in [6.07, 6.45) is 1.41. The summed E-state index contributed by atoms with van der Waals surface area (Å²) in [6.45, 7) is 1.63. The van der Waals surface area contributed by atoms with E-state index in [2.05, 4.69) is 9.73 Å². The molecule has 4 nitrogen and oxygen atoms in total. The minimum atomic E-state index is -0.555. The van der Waals surface area contributed by atoms with Gasteiger partial charge in [-0.25, -0.2) is 9.59 Å². The number of methoxy groups -OCH3 is 1. The largest absolute Gasteiger partial charge is 0.465 e. The zero-order chi connectivity index (χ0) is 11.4. The summed E-state index contributed by atoms with van der Waals surface area (Å²) in [4.78, 5) is 24.9. The molecule has 5 heteroatoms. The summed E-state index contributed by atoms with van der Waals surface area (Å²) in [7, 11) is 1.26. The summed E-state index contributed by atoms with van der Waals surface area (Å²) in [6, 6.07) is 3.02. The second-order valence-corrected chi connectivity index (χ2v) is 3.17. The number of hydrogen-bond donors (Lipinski definition) is 0. The van der Waals surface area contributed by atoms with E-state index in [1.54, 1.807) is 6.92 Å². The van der Waals surface area contributed by atoms with Crippen LogP contribution in [0.2, 0.25) is 5.02 Å². The lowest BCUT2D eigenvalue weighted by Gasteiger charge is -2.07. The van der Waals surface area contributed by atoms with E-state index in [1.807, 2.05) is 0 Å². The topological polar surface area (TPSA) is 55.7 Å². The highest BCUT2D eigenvalue weighted by atomic mass is 35.5. The molecule has 0 spiro atoms. The lowest BCUT2D eigenvalue weighted by molar-refractivity contribution is 0.0600. The number of carbonyl (C=O) groups excluding carboxylic acids is 2. The maximum atomic E-state index is 11.4. The first-order chi connectivity index (χ1) is 7.11. The maximum Gasteiger partial charge on any atom is 0.339 e. The first-order valence-corrected chi connectivity index (χ1v) is 4.45. The standard InChI is InChI=1S/C10H8ClNO3/c1-6-8(12-5-13)4-3-7(11)9(6)10(14)15-2/h3-4H,1-2H3. The predicted molar refractivity (Wildman–Crippen MR) is 55.3 cm³/mol. The second-order valence-electron chi connectivity index (χ2n) is 2.76. The Morgan fingerprint density at radius 2 is 2.20 bits per heavy atom. The SMILES string of the molecule is COC(=O)c1c(Cl)ccc(N=C=O)c1C. The van der Waals surface area contributed by atoms with Crippen LogP contribution in [-0.2, 0) is 9.53 Å². The van der Waals surface area contributed by atoms with Gasteiger partial charge in [-0.3, -0.25) is 0 Å². The molecule has 0 saturated heterocycles. The Balaban J connectivity index is 3.42. The van der Waals surface area contributed by atoms with E-state index in [0.29, 0.717) is 11.3 Å². The van der Waals surface area contributed by atoms with Crippen molar-refractivity contribution < 1.29 is 14.3 Å². The summed E-state index contributed by atoms with van der Waals surface area (Å²) in [5, 5.41) is 0.268. The molecule has 0 fully saturated rings. The van der Waals surface area contributed by atoms with Crippen LogP contribution in [0.3, 0.4) is 0 Å². The summed E-state index contributed by atoms with van der Waals surface area (Å²) < 4.78 is 4.57. The van der Waals surface area contributed by atoms with Gasteiger partial charge in [0.1, 0.15) is 0 Å². The minimum absolute atomic E-state index is 0.218. The highest BCUT2D eigenvalue weighted by Gasteiger charge is 2.16. The molecule has 15 heavy (non-hydrogen) atoms. The van der Waals surface area contributed by atoms with Crippen LogP contribution in [0.15, 0.2) is 17.1 Å². The average molecular weight is 226 g/mol. The number of ether oxygens (including phenoxy) is 1. The number of hydrogen-bond acceptors (Lipinski definition) is 4. The van der Waals surface area contributed by atoms with Gasteiger partial charge >= 0.3 is 5.97 Å². The third kappa shape index (κ3) is 2.24. The molecule has 78 valence electrons. The lowest BCUT2D eigenvalue weighted by Crippen LogP contribution is -2.04. The Morgan fingerprint density at radius 1 is 1.53 bits per heavy atom. The van der Waals surface area contributed by atoms with Crippen LogP contribution >= 0.6 is 11.6 Å². The van der Waals surface area contributed by atoms with Gasteiger partial charge in [0.15, 0.2) is 0 Å². The van der Waals surface area contributed by atoms with Crippen LogP contribution in [0, 0.1) is 6.92 Å². The van der Waals surface area contributed by atoms with Crippen molar-refractivity contribution in [2.75, 3.05) is 7.11 Å². The molecule has 0 heterocycles. The number of esters is 1. The molecule has 0 aliphatic heterocycles. The molecule has 0 aromatic heterocycles. The van der Waals surface area contributed by atoms with Crippen molar-refractivity contribution in [3.63, 3.8) is 0 Å². The lowest BCUT2D eigenvalue weighted by atomic mass is 10.1. The number of aliphatic imine (C=N–C) groups is 1. The molecule has 0 aliphatic carbocycles. The van der Waals surface area contributed by atoms with Gasteiger partial charge in [0.05, 0.1) is 23.4 Å². The Morgan fingerprint density at radius 3 is 2.73 bits per heavy atom. The van der Waals surface area contributed by atoms with Crippen LogP contribution in [-0.4, -0.2) is 19.2 Å². The third-order valence-electron chi connectivity index (χ3n) is 1.94. The van der Waals surface area contributed by atoms with Crippen LogP contribution in [0.1, 0.15) is 15.9 Å². The fourth-order valence-electron chi connectivity index (χ4n) is 1.19. The van der Waals surface area contributed by atoms with E-state index in [1.165, 1.54) is 25.3 Å². The van der Waals surface area contributed by atoms with Gasteiger partial charge in [-0.05, 0) is 24.6 Å². The molecular weight excluding hydrogens is 218 g/mol. The Kier molecular flexibility index (Phi) is 3.61. The highest BCUT2D eigenvalue weighted by Crippen LogP contribution is 2.28. The normalized spacial score (nSPS) is 9.27. The maximum absolute atomic E-state index is 11.4. The second kappa shape index (κ2) is 4.73. The first-order valence-electron chi connectivity index (χ1n) is 4.07. The fraction of sp³-hybridized carbons (Fsp3) is 0.200. The smallest absolute Gasteiger partial charge is 0.339 e. The van der Waals surface area contributed by atoms with E-state index in [9.17, 15) is 9.59 Å². The van der Waals surface area contributed by atoms with Gasteiger partial charge in [-0.15, -0.1) is 0 Å². The van der Waals surface area contributed by atoms with E-state index in [0.717, 1.165) is 0 Å². The summed E-state index contributed by atoms with van der Waals surface area (Å²) in [5.41, 5.74) is 1.07.